The van der Waals surface area contributed by atoms with Crippen molar-refractivity contribution in [2.24, 2.45) is 5.92 Å². The Kier molecular flexibility index (Phi) is 34.3. The van der Waals surface area contributed by atoms with Crippen molar-refractivity contribution in [2.45, 2.75) is 92.3 Å². The van der Waals surface area contributed by atoms with Crippen LogP contribution < -0.4 is 44.7 Å². The Morgan fingerprint density at radius 1 is 1.13 bits per heavy atom. The van der Waals surface area contributed by atoms with Gasteiger partial charge in [-0.2, -0.15) is 11.8 Å². The van der Waals surface area contributed by atoms with Gasteiger partial charge in [0.15, 0.2) is 6.29 Å². The van der Waals surface area contributed by atoms with Gasteiger partial charge in [0.1, 0.15) is 12.0 Å². The Labute approximate surface area is 308 Å². The minimum absolute atomic E-state index is 0. The van der Waals surface area contributed by atoms with Gasteiger partial charge in [-0.1, -0.05) is 71.9 Å². The van der Waals surface area contributed by atoms with Crippen molar-refractivity contribution in [3.05, 3.63) is 54.1 Å². The van der Waals surface area contributed by atoms with Gasteiger partial charge in [0.05, 0.1) is 32.0 Å². The number of thioether (sulfide) groups is 1. The smallest absolute Gasteiger partial charge is 0.554 e. The number of nitrogens with one attached hydrogen (secondary N) is 1. The number of benzene rings is 2. The fourth-order valence-corrected chi connectivity index (χ4v) is 4.95. The largest absolute Gasteiger partial charge is 1.00 e. The van der Waals surface area contributed by atoms with Gasteiger partial charge in [0, 0.05) is 36.5 Å². The average Bonchev–Trinajstić information content (AvgIpc) is 3.08. The topological polar surface area (TPSA) is 154 Å². The van der Waals surface area contributed by atoms with E-state index in [1.165, 1.54) is 6.92 Å². The van der Waals surface area contributed by atoms with Gasteiger partial charge in [0.25, 0.3) is 5.91 Å². The molecule has 47 heavy (non-hydrogen) atoms. The van der Waals surface area contributed by atoms with Crippen LogP contribution >= 0.6 is 11.8 Å². The molecule has 3 rings (SSSR count). The number of aldehydes is 1. The summed E-state index contributed by atoms with van der Waals surface area (Å²) in [5.74, 6) is 2.44. The Bertz CT molecular complexity index is 1040. The minimum atomic E-state index is -0.829. The first-order valence-corrected chi connectivity index (χ1v) is 17.1. The fraction of sp³-hybridized carbons (Fsp3) is 0.571. The van der Waals surface area contributed by atoms with Crippen LogP contribution in [0.2, 0.25) is 0 Å². The Balaban J connectivity index is -0.00000158. The molecule has 2 aromatic rings. The van der Waals surface area contributed by atoms with Crippen molar-refractivity contribution in [3.63, 3.8) is 0 Å². The summed E-state index contributed by atoms with van der Waals surface area (Å²) < 4.78 is 17.2. The van der Waals surface area contributed by atoms with Crippen molar-refractivity contribution < 1.29 is 73.5 Å². The zero-order valence-electron chi connectivity index (χ0n) is 29.8. The molecule has 1 saturated heterocycles. The van der Waals surface area contributed by atoms with Crippen LogP contribution in [0.4, 0.5) is 0 Å². The molecule has 0 bridgehead atoms. The van der Waals surface area contributed by atoms with E-state index in [4.69, 9.17) is 28.9 Å². The maximum absolute atomic E-state index is 12.6. The molecule has 1 amide bonds. The number of carbonyl (C=O) groups is 3. The second kappa shape index (κ2) is 32.6. The number of aliphatic hydroxyl groups excluding tert-OH is 2. The Morgan fingerprint density at radius 2 is 1.70 bits per heavy atom. The second-order valence-electron chi connectivity index (χ2n) is 9.34. The molecular formula is C35H56NNaO9S. The summed E-state index contributed by atoms with van der Waals surface area (Å²) in [6.45, 7) is 13.8. The van der Waals surface area contributed by atoms with Crippen LogP contribution in [-0.2, 0) is 19.1 Å². The summed E-state index contributed by atoms with van der Waals surface area (Å²) in [4.78, 5) is 29.7. The van der Waals surface area contributed by atoms with E-state index in [0.717, 1.165) is 41.1 Å². The van der Waals surface area contributed by atoms with Crippen molar-refractivity contribution in [2.75, 3.05) is 31.8 Å². The third-order valence-electron chi connectivity index (χ3n) is 6.48. The molecule has 1 aliphatic heterocycles. The van der Waals surface area contributed by atoms with Gasteiger partial charge in [-0.05, 0) is 55.0 Å². The van der Waals surface area contributed by atoms with Crippen LogP contribution in [0.15, 0.2) is 48.5 Å². The van der Waals surface area contributed by atoms with Crippen LogP contribution in [0.5, 0.6) is 5.75 Å². The molecule has 12 heteroatoms. The minimum Gasteiger partial charge on any atom is -0.554 e. The van der Waals surface area contributed by atoms with Crippen LogP contribution in [0, 0.1) is 5.92 Å². The molecule has 1 heterocycles. The molecule has 0 aliphatic carbocycles. The summed E-state index contributed by atoms with van der Waals surface area (Å²) in [6.07, 6.45) is -0.142. The Morgan fingerprint density at radius 3 is 2.26 bits per heavy atom. The molecule has 0 saturated carbocycles. The number of carbonyl (C=O) groups excluding carboxylic acids is 3. The van der Waals surface area contributed by atoms with E-state index in [9.17, 15) is 15.0 Å². The monoisotopic (exact) mass is 689 g/mol. The molecular weight excluding hydrogens is 633 g/mol. The van der Waals surface area contributed by atoms with Crippen LogP contribution in [0.3, 0.4) is 0 Å². The van der Waals surface area contributed by atoms with Crippen molar-refractivity contribution in [1.29, 1.82) is 0 Å². The zero-order chi connectivity index (χ0) is 35.3. The normalized spacial score (nSPS) is 18.2. The van der Waals surface area contributed by atoms with Crippen LogP contribution in [-0.4, -0.2) is 85.2 Å². The summed E-state index contributed by atoms with van der Waals surface area (Å²) in [5.41, 5.74) is 2.46. The van der Waals surface area contributed by atoms with Crippen LogP contribution in [0.1, 0.15) is 78.1 Å². The number of carboxylic acid groups (broad SMARTS) is 1. The molecule has 3 N–H and O–H groups in total. The second-order valence-corrected chi connectivity index (χ2v) is 10.7. The summed E-state index contributed by atoms with van der Waals surface area (Å²) >= 11 is 1.86. The predicted molar refractivity (Wildman–Crippen MR) is 184 cm³/mol. The van der Waals surface area contributed by atoms with E-state index >= 15 is 0 Å². The van der Waals surface area contributed by atoms with Gasteiger partial charge in [0.2, 0.25) is 0 Å². The number of para-hydroxylation sites is 1. The fourth-order valence-electron chi connectivity index (χ4n) is 4.34. The molecule has 2 aromatic carbocycles. The van der Waals surface area contributed by atoms with Gasteiger partial charge in [-0.25, -0.2) is 0 Å². The van der Waals surface area contributed by atoms with E-state index in [1.807, 2.05) is 82.8 Å². The molecule has 0 aromatic heterocycles. The van der Waals surface area contributed by atoms with E-state index < -0.39 is 31.1 Å². The first-order chi connectivity index (χ1) is 22.3. The number of hydrogen-bond acceptors (Lipinski definition) is 10. The summed E-state index contributed by atoms with van der Waals surface area (Å²) in [6, 6.07) is 15.1. The zero-order valence-corrected chi connectivity index (χ0v) is 32.6. The quantitative estimate of drug-likeness (QED) is 0.161. The van der Waals surface area contributed by atoms with Crippen molar-refractivity contribution in [3.8, 4) is 16.9 Å². The number of hydrogen-bond donors (Lipinski definition) is 3. The molecule has 0 radical (unpaired) electrons. The third kappa shape index (κ3) is 20.2. The number of amides is 1. The Hall–Kier alpha value is -1.96. The van der Waals surface area contributed by atoms with Gasteiger partial charge < -0.3 is 44.4 Å². The summed E-state index contributed by atoms with van der Waals surface area (Å²) in [5, 5.41) is 32.3. The molecule has 262 valence electrons. The maximum atomic E-state index is 12.6. The average molecular weight is 690 g/mol. The van der Waals surface area contributed by atoms with Crippen LogP contribution in [0.25, 0.3) is 11.1 Å². The molecule has 1 aliphatic rings. The number of aliphatic hydroxyl groups is 2. The first-order valence-electron chi connectivity index (χ1n) is 16.0. The molecule has 0 spiro atoms. The SMILES string of the molecule is CC.CC.CC=O.CCSCCCOC1CC(O)[C@@H](C)C(C(O)CCNC(=O)c2ccc(-c3ccccc3OC)cc2)O1.O=C[O-].[Na+]. The standard InChI is InChI=1S/C28H39NO6S.C2H4O.2C2H6.CH2O2.Na/c1-4-36-17-7-16-34-26-18-24(31)19(2)27(35-26)23(30)14-15-29-28(32)21-12-10-20(11-13-21)22-8-5-6-9-25(22)33-3;1-2-3;2*1-2;2-1-3;/h5-6,8-13,19,23-24,26-27,30-31H,4,7,14-18H2,1-3H3,(H,29,32);2H,1H3;2*1-2H3;1H,(H,2,3);/q;;;;;+1/p-1/t19-,23?,24?,26?,27?;;;;;/m1...../s1. The van der Waals surface area contributed by atoms with E-state index in [1.54, 1.807) is 19.2 Å². The van der Waals surface area contributed by atoms with Gasteiger partial charge >= 0.3 is 29.6 Å². The first kappa shape index (κ1) is 49.4. The van der Waals surface area contributed by atoms with Crippen molar-refractivity contribution >= 4 is 30.4 Å². The van der Waals surface area contributed by atoms with Crippen molar-refractivity contribution in [1.82, 2.24) is 5.32 Å². The summed E-state index contributed by atoms with van der Waals surface area (Å²) in [7, 11) is 1.63. The van der Waals surface area contributed by atoms with Gasteiger partial charge in [-0.3, -0.25) is 4.79 Å². The maximum Gasteiger partial charge on any atom is 1.00 e. The third-order valence-corrected chi connectivity index (χ3v) is 7.46. The van der Waals surface area contributed by atoms with E-state index in [0.29, 0.717) is 25.0 Å². The number of methoxy groups -OCH3 is 1. The van der Waals surface area contributed by atoms with E-state index in [-0.39, 0.29) is 47.9 Å². The molecule has 4 unspecified atom stereocenters. The molecule has 5 atom stereocenters. The predicted octanol–water partition coefficient (Wildman–Crippen LogP) is 1.74. The van der Waals surface area contributed by atoms with Gasteiger partial charge in [-0.15, -0.1) is 0 Å². The number of ether oxygens (including phenoxy) is 3. The number of rotatable bonds is 13. The molecule has 1 fully saturated rings. The molecule has 10 nitrogen and oxygen atoms in total. The van der Waals surface area contributed by atoms with E-state index in [2.05, 4.69) is 12.2 Å².